The molecule has 0 saturated heterocycles. The highest BCUT2D eigenvalue weighted by molar-refractivity contribution is 5.22. The minimum Gasteiger partial charge on any atom is -0.492 e. The summed E-state index contributed by atoms with van der Waals surface area (Å²) < 4.78 is 0. The highest BCUT2D eigenvalue weighted by Gasteiger charge is 2.10. The molecule has 0 spiro atoms. The van der Waals surface area contributed by atoms with E-state index in [1.54, 1.807) is 0 Å². The van der Waals surface area contributed by atoms with Gasteiger partial charge < -0.3 is 10.1 Å². The number of H-pyrrole nitrogens is 1. The van der Waals surface area contributed by atoms with Crippen LogP contribution in [0.5, 0.6) is 5.88 Å². The quantitative estimate of drug-likeness (QED) is 0.682. The second kappa shape index (κ2) is 2.95. The fourth-order valence-corrected chi connectivity index (χ4v) is 0.997. The van der Waals surface area contributed by atoms with Crippen LogP contribution in [0.25, 0.3) is 0 Å². The maximum atomic E-state index is 9.29. The van der Waals surface area contributed by atoms with Gasteiger partial charge in [-0.1, -0.05) is 20.8 Å². The van der Waals surface area contributed by atoms with E-state index >= 15 is 0 Å². The van der Waals surface area contributed by atoms with Crippen LogP contribution in [0, 0.1) is 0 Å². The van der Waals surface area contributed by atoms with Crippen LogP contribution < -0.4 is 0 Å². The van der Waals surface area contributed by atoms with Crippen LogP contribution in [-0.2, 0) is 6.42 Å². The van der Waals surface area contributed by atoms with Gasteiger partial charge in [0.1, 0.15) is 5.82 Å². The van der Waals surface area contributed by atoms with Crippen LogP contribution in [0.2, 0.25) is 0 Å². The molecule has 1 heterocycles. The fourth-order valence-electron chi connectivity index (χ4n) is 0.997. The molecule has 62 valence electrons. The molecule has 0 aromatic carbocycles. The number of imidazole rings is 1. The monoisotopic (exact) mass is 154 g/mol. The Morgan fingerprint density at radius 3 is 2.45 bits per heavy atom. The molecular formula is C8H14N2O. The average Bonchev–Trinajstić information content (AvgIpc) is 2.30. The predicted molar refractivity (Wildman–Crippen MR) is 43.7 cm³/mol. The van der Waals surface area contributed by atoms with Crippen LogP contribution in [-0.4, -0.2) is 15.1 Å². The van der Waals surface area contributed by atoms with Gasteiger partial charge in [0.05, 0.1) is 5.69 Å². The van der Waals surface area contributed by atoms with Gasteiger partial charge in [-0.05, 0) is 5.92 Å². The Hall–Kier alpha value is -0.990. The van der Waals surface area contributed by atoms with Crippen molar-refractivity contribution in [1.82, 2.24) is 9.97 Å². The predicted octanol–water partition coefficient (Wildman–Crippen LogP) is 1.80. The van der Waals surface area contributed by atoms with Gasteiger partial charge in [-0.25, -0.2) is 0 Å². The van der Waals surface area contributed by atoms with Crippen molar-refractivity contribution in [3.63, 3.8) is 0 Å². The van der Waals surface area contributed by atoms with Crippen LogP contribution in [0.3, 0.4) is 0 Å². The lowest BCUT2D eigenvalue weighted by atomic mass is 10.1. The topological polar surface area (TPSA) is 48.9 Å². The minimum atomic E-state index is 0.150. The molecule has 0 bridgehead atoms. The zero-order chi connectivity index (χ0) is 8.43. The Morgan fingerprint density at radius 1 is 1.55 bits per heavy atom. The number of aryl methyl sites for hydroxylation is 1. The van der Waals surface area contributed by atoms with E-state index in [9.17, 15) is 5.11 Å². The van der Waals surface area contributed by atoms with Gasteiger partial charge in [0.2, 0.25) is 5.88 Å². The van der Waals surface area contributed by atoms with E-state index in [2.05, 4.69) is 9.97 Å². The molecule has 0 aliphatic rings. The summed E-state index contributed by atoms with van der Waals surface area (Å²) in [5.41, 5.74) is 0.835. The molecule has 0 atom stereocenters. The van der Waals surface area contributed by atoms with Crippen molar-refractivity contribution in [2.24, 2.45) is 0 Å². The van der Waals surface area contributed by atoms with E-state index in [0.717, 1.165) is 17.9 Å². The van der Waals surface area contributed by atoms with Crippen LogP contribution in [0.15, 0.2) is 0 Å². The van der Waals surface area contributed by atoms with Gasteiger partial charge in [0.25, 0.3) is 0 Å². The van der Waals surface area contributed by atoms with E-state index in [1.165, 1.54) is 0 Å². The summed E-state index contributed by atoms with van der Waals surface area (Å²) in [7, 11) is 0. The zero-order valence-corrected chi connectivity index (χ0v) is 7.18. The summed E-state index contributed by atoms with van der Waals surface area (Å²) in [6, 6.07) is 0. The smallest absolute Gasteiger partial charge is 0.232 e. The number of aromatic hydroxyl groups is 1. The Balaban J connectivity index is 2.97. The number of nitrogens with one attached hydrogen (secondary N) is 1. The van der Waals surface area contributed by atoms with E-state index in [4.69, 9.17) is 0 Å². The summed E-state index contributed by atoms with van der Waals surface area (Å²) in [4.78, 5) is 7.02. The van der Waals surface area contributed by atoms with Gasteiger partial charge in [0, 0.05) is 6.42 Å². The highest BCUT2D eigenvalue weighted by atomic mass is 16.3. The molecular weight excluding hydrogens is 140 g/mol. The number of rotatable bonds is 2. The number of hydrogen-bond acceptors (Lipinski definition) is 2. The van der Waals surface area contributed by atoms with Crippen molar-refractivity contribution < 1.29 is 5.11 Å². The summed E-state index contributed by atoms with van der Waals surface area (Å²) >= 11 is 0. The Labute approximate surface area is 66.5 Å². The molecule has 0 radical (unpaired) electrons. The highest BCUT2D eigenvalue weighted by Crippen LogP contribution is 2.21. The Bertz CT molecular complexity index is 240. The van der Waals surface area contributed by atoms with Crippen LogP contribution >= 0.6 is 0 Å². The largest absolute Gasteiger partial charge is 0.492 e. The normalized spacial score (nSPS) is 10.9. The second-order valence-corrected chi connectivity index (χ2v) is 2.93. The lowest BCUT2D eigenvalue weighted by molar-refractivity contribution is 0.445. The molecule has 3 heteroatoms. The first-order valence-corrected chi connectivity index (χ1v) is 3.92. The number of aromatic nitrogens is 2. The lowest BCUT2D eigenvalue weighted by Crippen LogP contribution is -1.88. The average molecular weight is 154 g/mol. The van der Waals surface area contributed by atoms with Crippen molar-refractivity contribution in [3.05, 3.63) is 11.5 Å². The standard InChI is InChI=1S/C8H14N2O/c1-4-6-9-7(5(2)3)8(11)10-6/h5,11H,4H2,1-3H3,(H,9,10). The third kappa shape index (κ3) is 1.53. The minimum absolute atomic E-state index is 0.150. The summed E-state index contributed by atoms with van der Waals surface area (Å²) in [6.45, 7) is 6.04. The van der Waals surface area contributed by atoms with Crippen molar-refractivity contribution >= 4 is 0 Å². The Morgan fingerprint density at radius 2 is 2.18 bits per heavy atom. The third-order valence-electron chi connectivity index (χ3n) is 1.67. The van der Waals surface area contributed by atoms with E-state index < -0.39 is 0 Å². The molecule has 3 nitrogen and oxygen atoms in total. The van der Waals surface area contributed by atoms with Crippen LogP contribution in [0.4, 0.5) is 0 Å². The van der Waals surface area contributed by atoms with Gasteiger partial charge in [-0.3, -0.25) is 0 Å². The number of nitrogens with zero attached hydrogens (tertiary/aromatic N) is 1. The first kappa shape index (κ1) is 8.11. The summed E-state index contributed by atoms with van der Waals surface area (Å²) in [5, 5.41) is 9.29. The summed E-state index contributed by atoms with van der Waals surface area (Å²) in [5.74, 6) is 1.31. The molecule has 0 amide bonds. The molecule has 0 aliphatic carbocycles. The summed E-state index contributed by atoms with van der Waals surface area (Å²) in [6.07, 6.45) is 0.834. The fraction of sp³-hybridized carbons (Fsp3) is 0.625. The van der Waals surface area contributed by atoms with Crippen molar-refractivity contribution in [2.45, 2.75) is 33.1 Å². The van der Waals surface area contributed by atoms with Crippen LogP contribution in [0.1, 0.15) is 38.2 Å². The maximum absolute atomic E-state index is 9.29. The number of aromatic amines is 1. The third-order valence-corrected chi connectivity index (χ3v) is 1.67. The number of hydrogen-bond donors (Lipinski definition) is 2. The first-order valence-electron chi connectivity index (χ1n) is 3.92. The molecule has 0 unspecified atom stereocenters. The molecule has 11 heavy (non-hydrogen) atoms. The van der Waals surface area contributed by atoms with Crippen molar-refractivity contribution in [2.75, 3.05) is 0 Å². The molecule has 1 aromatic heterocycles. The first-order chi connectivity index (χ1) is 5.15. The van der Waals surface area contributed by atoms with E-state index in [1.807, 2.05) is 20.8 Å². The van der Waals surface area contributed by atoms with E-state index in [-0.39, 0.29) is 5.88 Å². The molecule has 0 saturated carbocycles. The van der Waals surface area contributed by atoms with Crippen molar-refractivity contribution in [3.8, 4) is 5.88 Å². The molecule has 0 fully saturated rings. The molecule has 0 aliphatic heterocycles. The van der Waals surface area contributed by atoms with Crippen molar-refractivity contribution in [1.29, 1.82) is 0 Å². The SMILES string of the molecule is CCc1nc(O)c(C(C)C)[nH]1. The zero-order valence-electron chi connectivity index (χ0n) is 7.18. The Kier molecular flexibility index (Phi) is 2.17. The van der Waals surface area contributed by atoms with E-state index in [0.29, 0.717) is 5.92 Å². The van der Waals surface area contributed by atoms with Gasteiger partial charge in [-0.2, -0.15) is 4.98 Å². The van der Waals surface area contributed by atoms with Gasteiger partial charge >= 0.3 is 0 Å². The maximum Gasteiger partial charge on any atom is 0.232 e. The lowest BCUT2D eigenvalue weighted by Gasteiger charge is -1.99. The van der Waals surface area contributed by atoms with Gasteiger partial charge in [0.15, 0.2) is 0 Å². The molecule has 2 N–H and O–H groups in total. The van der Waals surface area contributed by atoms with Gasteiger partial charge in [-0.15, -0.1) is 0 Å². The molecule has 1 aromatic rings. The second-order valence-electron chi connectivity index (χ2n) is 2.93. The molecule has 1 rings (SSSR count).